The summed E-state index contributed by atoms with van der Waals surface area (Å²) >= 11 is 0. The molecule has 1 aliphatic heterocycles. The molecule has 2 nitrogen and oxygen atoms in total. The van der Waals surface area contributed by atoms with E-state index in [2.05, 4.69) is 41.4 Å². The standard InChI is InChI=1S/C16H24N2/c1-2-14-6-5-7-15(12-14)18-11-10-17-16(13-18)8-3-4-9-16/h5-7,12,17H,2-4,8-11,13H2,1H3. The molecule has 1 saturated carbocycles. The summed E-state index contributed by atoms with van der Waals surface area (Å²) in [6, 6.07) is 9.08. The van der Waals surface area contributed by atoms with Crippen LogP contribution in [0, 0.1) is 0 Å². The highest BCUT2D eigenvalue weighted by molar-refractivity contribution is 5.49. The minimum Gasteiger partial charge on any atom is -0.368 e. The smallest absolute Gasteiger partial charge is 0.0370 e. The highest BCUT2D eigenvalue weighted by Gasteiger charge is 2.37. The maximum atomic E-state index is 3.78. The molecule has 0 atom stereocenters. The zero-order valence-electron chi connectivity index (χ0n) is 11.4. The fourth-order valence-electron chi connectivity index (χ4n) is 3.54. The van der Waals surface area contributed by atoms with E-state index in [0.717, 1.165) is 19.5 Å². The van der Waals surface area contributed by atoms with Crippen molar-refractivity contribution >= 4 is 5.69 Å². The number of rotatable bonds is 2. The van der Waals surface area contributed by atoms with E-state index in [9.17, 15) is 0 Å². The van der Waals surface area contributed by atoms with Crippen LogP contribution >= 0.6 is 0 Å². The van der Waals surface area contributed by atoms with Gasteiger partial charge in [0, 0.05) is 30.9 Å². The van der Waals surface area contributed by atoms with Crippen molar-refractivity contribution in [1.82, 2.24) is 5.32 Å². The van der Waals surface area contributed by atoms with Gasteiger partial charge < -0.3 is 10.2 Å². The van der Waals surface area contributed by atoms with Crippen molar-refractivity contribution in [2.75, 3.05) is 24.5 Å². The number of aryl methyl sites for hydroxylation is 1. The van der Waals surface area contributed by atoms with Gasteiger partial charge in [-0.2, -0.15) is 0 Å². The minimum absolute atomic E-state index is 0.417. The van der Waals surface area contributed by atoms with Crippen LogP contribution in [-0.2, 0) is 6.42 Å². The molecule has 0 radical (unpaired) electrons. The van der Waals surface area contributed by atoms with E-state index in [4.69, 9.17) is 0 Å². The molecule has 1 N–H and O–H groups in total. The zero-order chi connectivity index (χ0) is 12.4. The van der Waals surface area contributed by atoms with E-state index in [0.29, 0.717) is 5.54 Å². The lowest BCUT2D eigenvalue weighted by molar-refractivity contribution is 0.304. The zero-order valence-corrected chi connectivity index (χ0v) is 11.4. The predicted octanol–water partition coefficient (Wildman–Crippen LogP) is 2.97. The van der Waals surface area contributed by atoms with Gasteiger partial charge in [0.2, 0.25) is 0 Å². The van der Waals surface area contributed by atoms with Gasteiger partial charge in [-0.15, -0.1) is 0 Å². The molecule has 0 aromatic heterocycles. The summed E-state index contributed by atoms with van der Waals surface area (Å²) in [5.74, 6) is 0. The van der Waals surface area contributed by atoms with Gasteiger partial charge in [-0.3, -0.25) is 0 Å². The Morgan fingerprint density at radius 3 is 2.89 bits per heavy atom. The first-order valence-electron chi connectivity index (χ1n) is 7.40. The second kappa shape index (κ2) is 4.93. The van der Waals surface area contributed by atoms with E-state index < -0.39 is 0 Å². The maximum absolute atomic E-state index is 3.78. The summed E-state index contributed by atoms with van der Waals surface area (Å²) in [7, 11) is 0. The van der Waals surface area contributed by atoms with E-state index in [1.54, 1.807) is 0 Å². The Morgan fingerprint density at radius 2 is 2.11 bits per heavy atom. The van der Waals surface area contributed by atoms with Crippen LogP contribution in [0.15, 0.2) is 24.3 Å². The Morgan fingerprint density at radius 1 is 1.28 bits per heavy atom. The first kappa shape index (κ1) is 12.0. The molecule has 3 rings (SSSR count). The average Bonchev–Trinajstić information content (AvgIpc) is 2.87. The highest BCUT2D eigenvalue weighted by atomic mass is 15.2. The number of hydrogen-bond acceptors (Lipinski definition) is 2. The van der Waals surface area contributed by atoms with Crippen molar-refractivity contribution in [2.45, 2.75) is 44.6 Å². The van der Waals surface area contributed by atoms with Crippen LogP contribution in [0.25, 0.3) is 0 Å². The van der Waals surface area contributed by atoms with Crippen LogP contribution in [0.3, 0.4) is 0 Å². The molecule has 98 valence electrons. The van der Waals surface area contributed by atoms with Gasteiger partial charge in [-0.1, -0.05) is 31.9 Å². The molecule has 1 aliphatic carbocycles. The average molecular weight is 244 g/mol. The van der Waals surface area contributed by atoms with E-state index in [-0.39, 0.29) is 0 Å². The van der Waals surface area contributed by atoms with Gasteiger partial charge in [0.1, 0.15) is 0 Å². The predicted molar refractivity (Wildman–Crippen MR) is 77.2 cm³/mol. The third-order valence-corrected chi connectivity index (χ3v) is 4.62. The molecule has 2 fully saturated rings. The molecule has 0 unspecified atom stereocenters. The third-order valence-electron chi connectivity index (χ3n) is 4.62. The SMILES string of the molecule is CCc1cccc(N2CCNC3(CCCC3)C2)c1. The molecule has 1 aromatic carbocycles. The van der Waals surface area contributed by atoms with E-state index >= 15 is 0 Å². The number of benzene rings is 1. The Labute approximate surface area is 110 Å². The van der Waals surface area contributed by atoms with Crippen molar-refractivity contribution in [3.8, 4) is 0 Å². The van der Waals surface area contributed by atoms with Crippen LogP contribution in [0.1, 0.15) is 38.2 Å². The Balaban J connectivity index is 1.78. The quantitative estimate of drug-likeness (QED) is 0.860. The monoisotopic (exact) mass is 244 g/mol. The lowest BCUT2D eigenvalue weighted by atomic mass is 9.94. The number of nitrogens with zero attached hydrogens (tertiary/aromatic N) is 1. The van der Waals surface area contributed by atoms with E-state index in [1.165, 1.54) is 43.5 Å². The summed E-state index contributed by atoms with van der Waals surface area (Å²) in [6.07, 6.45) is 6.64. The lowest BCUT2D eigenvalue weighted by Gasteiger charge is -2.42. The van der Waals surface area contributed by atoms with Crippen molar-refractivity contribution in [3.63, 3.8) is 0 Å². The summed E-state index contributed by atoms with van der Waals surface area (Å²) in [5.41, 5.74) is 3.29. The van der Waals surface area contributed by atoms with Crippen molar-refractivity contribution < 1.29 is 0 Å². The molecule has 1 saturated heterocycles. The summed E-state index contributed by atoms with van der Waals surface area (Å²) in [6.45, 7) is 5.71. The Bertz CT molecular complexity index is 407. The number of piperazine rings is 1. The second-order valence-corrected chi connectivity index (χ2v) is 5.86. The molecule has 18 heavy (non-hydrogen) atoms. The largest absolute Gasteiger partial charge is 0.368 e. The Kier molecular flexibility index (Phi) is 3.29. The normalized spacial score (nSPS) is 22.6. The van der Waals surface area contributed by atoms with Crippen LogP contribution in [-0.4, -0.2) is 25.2 Å². The topological polar surface area (TPSA) is 15.3 Å². The van der Waals surface area contributed by atoms with Crippen LogP contribution in [0.4, 0.5) is 5.69 Å². The summed E-state index contributed by atoms with van der Waals surface area (Å²) < 4.78 is 0. The van der Waals surface area contributed by atoms with Crippen LogP contribution < -0.4 is 10.2 Å². The molecule has 2 aliphatic rings. The second-order valence-electron chi connectivity index (χ2n) is 5.86. The van der Waals surface area contributed by atoms with Gasteiger partial charge in [-0.25, -0.2) is 0 Å². The first-order valence-corrected chi connectivity index (χ1v) is 7.40. The Hall–Kier alpha value is -1.02. The molecular weight excluding hydrogens is 220 g/mol. The molecule has 1 heterocycles. The van der Waals surface area contributed by atoms with E-state index in [1.807, 2.05) is 0 Å². The van der Waals surface area contributed by atoms with Crippen molar-refractivity contribution in [1.29, 1.82) is 0 Å². The van der Waals surface area contributed by atoms with Gasteiger partial charge in [0.15, 0.2) is 0 Å². The number of hydrogen-bond donors (Lipinski definition) is 1. The highest BCUT2D eigenvalue weighted by Crippen LogP contribution is 2.33. The summed E-state index contributed by atoms with van der Waals surface area (Å²) in [5, 5.41) is 3.78. The fraction of sp³-hybridized carbons (Fsp3) is 0.625. The molecule has 1 spiro atoms. The van der Waals surface area contributed by atoms with Crippen LogP contribution in [0.5, 0.6) is 0 Å². The molecule has 2 heteroatoms. The fourth-order valence-corrected chi connectivity index (χ4v) is 3.54. The first-order chi connectivity index (χ1) is 8.81. The van der Waals surface area contributed by atoms with Crippen molar-refractivity contribution in [3.05, 3.63) is 29.8 Å². The third kappa shape index (κ3) is 2.26. The molecule has 0 amide bonds. The van der Waals surface area contributed by atoms with Crippen molar-refractivity contribution in [2.24, 2.45) is 0 Å². The number of nitrogens with one attached hydrogen (secondary N) is 1. The molecule has 1 aromatic rings. The van der Waals surface area contributed by atoms with Gasteiger partial charge in [0.25, 0.3) is 0 Å². The van der Waals surface area contributed by atoms with Gasteiger partial charge >= 0.3 is 0 Å². The van der Waals surface area contributed by atoms with Crippen LogP contribution in [0.2, 0.25) is 0 Å². The minimum atomic E-state index is 0.417. The molecule has 0 bridgehead atoms. The number of anilines is 1. The summed E-state index contributed by atoms with van der Waals surface area (Å²) in [4.78, 5) is 2.58. The van der Waals surface area contributed by atoms with Gasteiger partial charge in [0.05, 0.1) is 0 Å². The maximum Gasteiger partial charge on any atom is 0.0370 e. The lowest BCUT2D eigenvalue weighted by Crippen LogP contribution is -2.59. The van der Waals surface area contributed by atoms with Gasteiger partial charge in [-0.05, 0) is 37.0 Å². The molecular formula is C16H24N2.